The maximum absolute atomic E-state index is 11.3. The van der Waals surface area contributed by atoms with Crippen molar-refractivity contribution in [2.75, 3.05) is 0 Å². The third-order valence-corrected chi connectivity index (χ3v) is 3.70. The molecule has 17 heavy (non-hydrogen) atoms. The molecular weight excluding hydrogens is 232 g/mol. The normalized spacial score (nSPS) is 12.2. The van der Waals surface area contributed by atoms with Gasteiger partial charge in [0.15, 0.2) is 0 Å². The van der Waals surface area contributed by atoms with Crippen molar-refractivity contribution >= 4 is 17.3 Å². The lowest BCUT2D eigenvalue weighted by atomic mass is 9.94. The van der Waals surface area contributed by atoms with Crippen LogP contribution in [0.15, 0.2) is 47.8 Å². The van der Waals surface area contributed by atoms with E-state index in [1.165, 1.54) is 4.88 Å². The van der Waals surface area contributed by atoms with E-state index in [9.17, 15) is 9.90 Å². The van der Waals surface area contributed by atoms with Gasteiger partial charge in [0.1, 0.15) is 0 Å². The van der Waals surface area contributed by atoms with Gasteiger partial charge in [-0.15, -0.1) is 11.3 Å². The van der Waals surface area contributed by atoms with Gasteiger partial charge >= 0.3 is 5.97 Å². The van der Waals surface area contributed by atoms with E-state index in [4.69, 9.17) is 0 Å². The highest BCUT2D eigenvalue weighted by Gasteiger charge is 2.19. The second kappa shape index (κ2) is 5.64. The number of aryl methyl sites for hydroxylation is 1. The molecule has 0 radical (unpaired) electrons. The predicted molar refractivity (Wildman–Crippen MR) is 69.5 cm³/mol. The molecule has 1 N–H and O–H groups in total. The van der Waals surface area contributed by atoms with Crippen LogP contribution in [0.2, 0.25) is 0 Å². The molecule has 1 heterocycles. The highest BCUT2D eigenvalue weighted by atomic mass is 32.1. The van der Waals surface area contributed by atoms with Crippen molar-refractivity contribution in [1.82, 2.24) is 0 Å². The van der Waals surface area contributed by atoms with Crippen LogP contribution in [0.4, 0.5) is 0 Å². The first-order valence-electron chi connectivity index (χ1n) is 5.57. The Balaban J connectivity index is 2.06. The quantitative estimate of drug-likeness (QED) is 0.876. The highest BCUT2D eigenvalue weighted by molar-refractivity contribution is 7.09. The molecule has 0 fully saturated rings. The van der Waals surface area contributed by atoms with Crippen molar-refractivity contribution in [3.8, 4) is 0 Å². The van der Waals surface area contributed by atoms with E-state index in [2.05, 4.69) is 6.07 Å². The first-order valence-corrected chi connectivity index (χ1v) is 6.45. The summed E-state index contributed by atoms with van der Waals surface area (Å²) in [6.45, 7) is 0. The molecule has 3 heteroatoms. The number of hydrogen-bond acceptors (Lipinski definition) is 2. The van der Waals surface area contributed by atoms with E-state index in [0.717, 1.165) is 12.0 Å². The second-order valence-corrected chi connectivity index (χ2v) is 4.95. The third-order valence-electron chi connectivity index (χ3n) is 2.76. The Bertz CT molecular complexity index is 462. The average molecular weight is 246 g/mol. The molecule has 0 saturated heterocycles. The first-order chi connectivity index (χ1) is 8.27. The fourth-order valence-electron chi connectivity index (χ4n) is 1.86. The Labute approximate surface area is 105 Å². The summed E-state index contributed by atoms with van der Waals surface area (Å²) in [6.07, 6.45) is 1.48. The van der Waals surface area contributed by atoms with Crippen molar-refractivity contribution in [1.29, 1.82) is 0 Å². The van der Waals surface area contributed by atoms with Crippen LogP contribution in [0.3, 0.4) is 0 Å². The summed E-state index contributed by atoms with van der Waals surface area (Å²) < 4.78 is 0. The molecule has 0 bridgehead atoms. The van der Waals surface area contributed by atoms with E-state index in [0.29, 0.717) is 6.42 Å². The van der Waals surface area contributed by atoms with Gasteiger partial charge in [0.2, 0.25) is 0 Å². The predicted octanol–water partition coefficient (Wildman–Crippen LogP) is 3.55. The summed E-state index contributed by atoms with van der Waals surface area (Å²) >= 11 is 1.68. The Hall–Kier alpha value is -1.61. The van der Waals surface area contributed by atoms with Crippen LogP contribution >= 0.6 is 11.3 Å². The lowest BCUT2D eigenvalue weighted by Crippen LogP contribution is -2.12. The standard InChI is InChI=1S/C14H14O2S/c15-14(16)13(11-5-2-1-3-6-11)9-8-12-7-4-10-17-12/h1-7,10,13H,8-9H2,(H,15,16). The molecular formula is C14H14O2S. The maximum atomic E-state index is 11.3. The zero-order valence-electron chi connectivity index (χ0n) is 9.37. The number of aliphatic carboxylic acids is 1. The van der Waals surface area contributed by atoms with Gasteiger partial charge < -0.3 is 5.11 Å². The minimum atomic E-state index is -0.743. The van der Waals surface area contributed by atoms with E-state index >= 15 is 0 Å². The van der Waals surface area contributed by atoms with Gasteiger partial charge in [-0.25, -0.2) is 0 Å². The van der Waals surface area contributed by atoms with Crippen LogP contribution < -0.4 is 0 Å². The zero-order chi connectivity index (χ0) is 12.1. The number of carbonyl (C=O) groups is 1. The molecule has 2 nitrogen and oxygen atoms in total. The summed E-state index contributed by atoms with van der Waals surface area (Å²) in [5.41, 5.74) is 0.886. The van der Waals surface area contributed by atoms with Crippen molar-refractivity contribution in [3.05, 3.63) is 58.3 Å². The fraction of sp³-hybridized carbons (Fsp3) is 0.214. The lowest BCUT2D eigenvalue weighted by molar-refractivity contribution is -0.138. The van der Waals surface area contributed by atoms with Gasteiger partial charge in [-0.1, -0.05) is 36.4 Å². The van der Waals surface area contributed by atoms with Crippen molar-refractivity contribution in [2.24, 2.45) is 0 Å². The highest BCUT2D eigenvalue weighted by Crippen LogP contribution is 2.23. The molecule has 1 atom stereocenters. The van der Waals surface area contributed by atoms with Crippen LogP contribution in [0.1, 0.15) is 22.8 Å². The number of rotatable bonds is 5. The van der Waals surface area contributed by atoms with Crippen LogP contribution in [0.25, 0.3) is 0 Å². The van der Waals surface area contributed by atoms with E-state index < -0.39 is 11.9 Å². The fourth-order valence-corrected chi connectivity index (χ4v) is 2.58. The number of thiophene rings is 1. The van der Waals surface area contributed by atoms with Gasteiger partial charge in [0.05, 0.1) is 5.92 Å². The molecule has 88 valence electrons. The SMILES string of the molecule is O=C(O)C(CCc1cccs1)c1ccccc1. The smallest absolute Gasteiger partial charge is 0.310 e. The topological polar surface area (TPSA) is 37.3 Å². The maximum Gasteiger partial charge on any atom is 0.310 e. The largest absolute Gasteiger partial charge is 0.481 e. The van der Waals surface area contributed by atoms with Gasteiger partial charge in [0, 0.05) is 4.88 Å². The minimum absolute atomic E-state index is 0.404. The Kier molecular flexibility index (Phi) is 3.94. The Morgan fingerprint density at radius 1 is 1.18 bits per heavy atom. The Morgan fingerprint density at radius 2 is 1.94 bits per heavy atom. The Morgan fingerprint density at radius 3 is 2.53 bits per heavy atom. The summed E-state index contributed by atoms with van der Waals surface area (Å²) in [4.78, 5) is 12.5. The molecule has 0 spiro atoms. The molecule has 0 aliphatic heterocycles. The average Bonchev–Trinajstić information content (AvgIpc) is 2.83. The van der Waals surface area contributed by atoms with Crippen molar-refractivity contribution in [3.63, 3.8) is 0 Å². The first kappa shape index (κ1) is 11.9. The van der Waals surface area contributed by atoms with Crippen molar-refractivity contribution in [2.45, 2.75) is 18.8 Å². The summed E-state index contributed by atoms with van der Waals surface area (Å²) in [5, 5.41) is 11.3. The summed E-state index contributed by atoms with van der Waals surface area (Å²) in [6, 6.07) is 13.5. The number of carboxylic acids is 1. The summed E-state index contributed by atoms with van der Waals surface area (Å²) in [5.74, 6) is -1.15. The van der Waals surface area contributed by atoms with Crippen LogP contribution in [0, 0.1) is 0 Å². The summed E-state index contributed by atoms with van der Waals surface area (Å²) in [7, 11) is 0. The van der Waals surface area contributed by atoms with Crippen molar-refractivity contribution < 1.29 is 9.90 Å². The number of hydrogen-bond donors (Lipinski definition) is 1. The molecule has 1 aromatic heterocycles. The molecule has 1 aromatic carbocycles. The van der Waals surface area contributed by atoms with Gasteiger partial charge in [-0.05, 0) is 29.9 Å². The van der Waals surface area contributed by atoms with E-state index in [1.54, 1.807) is 11.3 Å². The molecule has 0 saturated carbocycles. The molecule has 0 amide bonds. The molecule has 2 rings (SSSR count). The third kappa shape index (κ3) is 3.17. The van der Waals surface area contributed by atoms with Crippen LogP contribution in [0.5, 0.6) is 0 Å². The minimum Gasteiger partial charge on any atom is -0.481 e. The number of carboxylic acid groups (broad SMARTS) is 1. The molecule has 0 aliphatic rings. The van der Waals surface area contributed by atoms with Gasteiger partial charge in [-0.3, -0.25) is 4.79 Å². The van der Waals surface area contributed by atoms with Gasteiger partial charge in [-0.2, -0.15) is 0 Å². The zero-order valence-corrected chi connectivity index (χ0v) is 10.2. The van der Waals surface area contributed by atoms with E-state index in [-0.39, 0.29) is 0 Å². The number of benzene rings is 1. The van der Waals surface area contributed by atoms with Gasteiger partial charge in [0.25, 0.3) is 0 Å². The monoisotopic (exact) mass is 246 g/mol. The molecule has 2 aromatic rings. The van der Waals surface area contributed by atoms with Crippen LogP contribution in [-0.4, -0.2) is 11.1 Å². The van der Waals surface area contributed by atoms with Crippen LogP contribution in [-0.2, 0) is 11.2 Å². The molecule has 1 unspecified atom stereocenters. The molecule has 0 aliphatic carbocycles. The van der Waals surface area contributed by atoms with E-state index in [1.807, 2.05) is 41.8 Å². The lowest BCUT2D eigenvalue weighted by Gasteiger charge is -2.11. The second-order valence-electron chi connectivity index (χ2n) is 3.92.